The van der Waals surface area contributed by atoms with Crippen molar-refractivity contribution in [1.29, 1.82) is 0 Å². The number of carbonyl (C=O) groups is 3. The summed E-state index contributed by atoms with van der Waals surface area (Å²) in [5, 5.41) is 0. The molecule has 30 heavy (non-hydrogen) atoms. The van der Waals surface area contributed by atoms with Crippen LogP contribution in [0.3, 0.4) is 0 Å². The lowest BCUT2D eigenvalue weighted by Gasteiger charge is -2.48. The van der Waals surface area contributed by atoms with E-state index in [1.807, 2.05) is 37.9 Å². The van der Waals surface area contributed by atoms with Gasteiger partial charge in [-0.15, -0.1) is 0 Å². The average Bonchev–Trinajstić information content (AvgIpc) is 2.71. The zero-order chi connectivity index (χ0) is 21.7. The Labute approximate surface area is 185 Å². The van der Waals surface area contributed by atoms with Gasteiger partial charge in [-0.25, -0.2) is 0 Å². The van der Waals surface area contributed by atoms with Crippen LogP contribution >= 0.6 is 15.9 Å². The van der Waals surface area contributed by atoms with Gasteiger partial charge in [-0.05, 0) is 32.1 Å². The van der Waals surface area contributed by atoms with E-state index >= 15 is 0 Å². The SMILES string of the molecule is C[Si](C)(C)O[C@@H]1C=CC[C@H]2C(=O)c3ccccc3C(=O)[C@@]12C(=O)c1ccccc1Br. The molecule has 4 nitrogen and oxygen atoms in total. The van der Waals surface area contributed by atoms with E-state index in [2.05, 4.69) is 15.9 Å². The second-order valence-corrected chi connectivity index (χ2v) is 14.1. The molecule has 154 valence electrons. The van der Waals surface area contributed by atoms with E-state index < -0.39 is 25.8 Å². The van der Waals surface area contributed by atoms with Gasteiger partial charge in [0.2, 0.25) is 0 Å². The molecule has 4 rings (SSSR count). The standard InChI is InChI=1S/C24H23BrO4Si/c1-30(2,3)29-20-14-8-12-18-21(26)15-9-4-5-10-16(15)22(27)24(18,20)23(28)17-11-6-7-13-19(17)25/h4-11,13-14,18,20H,12H2,1-3H3/t18-,20+,24-/m0/s1. The first-order valence-corrected chi connectivity index (χ1v) is 14.2. The molecule has 0 aromatic heterocycles. The van der Waals surface area contributed by atoms with Crippen molar-refractivity contribution in [3.05, 3.63) is 81.8 Å². The molecule has 2 aliphatic carbocycles. The number of rotatable bonds is 4. The van der Waals surface area contributed by atoms with Gasteiger partial charge in [0.1, 0.15) is 5.41 Å². The summed E-state index contributed by atoms with van der Waals surface area (Å²) in [7, 11) is -2.15. The number of benzene rings is 2. The molecule has 2 aromatic carbocycles. The van der Waals surface area contributed by atoms with Gasteiger partial charge in [0.25, 0.3) is 0 Å². The topological polar surface area (TPSA) is 60.4 Å². The molecule has 0 unspecified atom stereocenters. The van der Waals surface area contributed by atoms with E-state index in [0.717, 1.165) is 0 Å². The third kappa shape index (κ3) is 3.18. The van der Waals surface area contributed by atoms with Crippen LogP contribution in [-0.2, 0) is 4.43 Å². The smallest absolute Gasteiger partial charge is 0.184 e. The minimum atomic E-state index is -2.15. The summed E-state index contributed by atoms with van der Waals surface area (Å²) in [5.74, 6) is -1.64. The molecular formula is C24H23BrO4Si. The maximum atomic E-state index is 14.1. The van der Waals surface area contributed by atoms with Crippen LogP contribution in [0, 0.1) is 11.3 Å². The number of halogens is 1. The number of carbonyl (C=O) groups excluding carboxylic acids is 3. The van der Waals surface area contributed by atoms with Gasteiger partial charge in [-0.1, -0.05) is 70.5 Å². The number of fused-ring (bicyclic) bond motifs is 2. The van der Waals surface area contributed by atoms with Crippen LogP contribution in [0.5, 0.6) is 0 Å². The Kier molecular flexibility index (Phi) is 5.29. The van der Waals surface area contributed by atoms with Crippen molar-refractivity contribution in [2.45, 2.75) is 32.2 Å². The van der Waals surface area contributed by atoms with Crippen LogP contribution in [0.25, 0.3) is 0 Å². The Morgan fingerprint density at radius 1 is 1.03 bits per heavy atom. The minimum Gasteiger partial charge on any atom is -0.410 e. The Bertz CT molecular complexity index is 1080. The lowest BCUT2D eigenvalue weighted by molar-refractivity contribution is 0.0169. The van der Waals surface area contributed by atoms with Crippen molar-refractivity contribution in [3.8, 4) is 0 Å². The van der Waals surface area contributed by atoms with E-state index in [-0.39, 0.29) is 17.3 Å². The summed E-state index contributed by atoms with van der Waals surface area (Å²) in [6.07, 6.45) is 3.23. The first kappa shape index (κ1) is 21.1. The summed E-state index contributed by atoms with van der Waals surface area (Å²) in [6, 6.07) is 13.8. The first-order chi connectivity index (χ1) is 14.2. The quantitative estimate of drug-likeness (QED) is 0.250. The van der Waals surface area contributed by atoms with E-state index in [9.17, 15) is 14.4 Å². The van der Waals surface area contributed by atoms with Crippen molar-refractivity contribution in [2.24, 2.45) is 11.3 Å². The highest BCUT2D eigenvalue weighted by molar-refractivity contribution is 9.10. The van der Waals surface area contributed by atoms with Crippen molar-refractivity contribution in [3.63, 3.8) is 0 Å². The third-order valence-electron chi connectivity index (χ3n) is 5.79. The Hall–Kier alpha value is -2.15. The summed E-state index contributed by atoms with van der Waals surface area (Å²) in [4.78, 5) is 41.7. The van der Waals surface area contributed by atoms with Gasteiger partial charge < -0.3 is 4.43 Å². The zero-order valence-corrected chi connectivity index (χ0v) is 19.7. The highest BCUT2D eigenvalue weighted by Gasteiger charge is 2.63. The molecular weight excluding hydrogens is 460 g/mol. The van der Waals surface area contributed by atoms with Crippen LogP contribution in [0.2, 0.25) is 19.6 Å². The molecule has 0 bridgehead atoms. The second-order valence-electron chi connectivity index (χ2n) is 8.78. The third-order valence-corrected chi connectivity index (χ3v) is 7.44. The zero-order valence-electron chi connectivity index (χ0n) is 17.1. The molecule has 2 aromatic rings. The Balaban J connectivity index is 2.01. The fraction of sp³-hybridized carbons (Fsp3) is 0.292. The molecule has 3 atom stereocenters. The maximum Gasteiger partial charge on any atom is 0.184 e. The lowest BCUT2D eigenvalue weighted by atomic mass is 9.54. The maximum absolute atomic E-state index is 14.1. The Morgan fingerprint density at radius 2 is 1.67 bits per heavy atom. The van der Waals surface area contributed by atoms with Crippen LogP contribution < -0.4 is 0 Å². The van der Waals surface area contributed by atoms with Gasteiger partial charge in [0.15, 0.2) is 25.7 Å². The predicted octanol–water partition coefficient (Wildman–Crippen LogP) is 5.49. The van der Waals surface area contributed by atoms with E-state index in [0.29, 0.717) is 27.6 Å². The summed E-state index contributed by atoms with van der Waals surface area (Å²) < 4.78 is 7.01. The molecule has 0 heterocycles. The second kappa shape index (κ2) is 7.52. The molecule has 0 aliphatic heterocycles. The number of allylic oxidation sites excluding steroid dienone is 1. The molecule has 0 amide bonds. The number of hydrogen-bond acceptors (Lipinski definition) is 4. The van der Waals surface area contributed by atoms with Gasteiger partial charge >= 0.3 is 0 Å². The molecule has 2 aliphatic rings. The highest BCUT2D eigenvalue weighted by atomic mass is 79.9. The number of hydrogen-bond donors (Lipinski definition) is 0. The largest absolute Gasteiger partial charge is 0.410 e. The molecule has 0 radical (unpaired) electrons. The van der Waals surface area contributed by atoms with E-state index in [4.69, 9.17) is 4.43 Å². The Morgan fingerprint density at radius 3 is 2.33 bits per heavy atom. The van der Waals surface area contributed by atoms with Crippen LogP contribution in [0.4, 0.5) is 0 Å². The molecule has 0 fully saturated rings. The van der Waals surface area contributed by atoms with Gasteiger partial charge in [-0.2, -0.15) is 0 Å². The van der Waals surface area contributed by atoms with Gasteiger partial charge in [0, 0.05) is 27.1 Å². The number of ketones is 3. The monoisotopic (exact) mass is 482 g/mol. The van der Waals surface area contributed by atoms with Crippen molar-refractivity contribution in [1.82, 2.24) is 0 Å². The summed E-state index contributed by atoms with van der Waals surface area (Å²) in [6.45, 7) is 6.05. The van der Waals surface area contributed by atoms with Gasteiger partial charge in [-0.3, -0.25) is 14.4 Å². The summed E-state index contributed by atoms with van der Waals surface area (Å²) >= 11 is 3.46. The molecule has 0 saturated heterocycles. The number of Topliss-reactive ketones (excluding diaryl/α,β-unsaturated/α-hetero) is 3. The van der Waals surface area contributed by atoms with Crippen LogP contribution in [0.1, 0.15) is 37.5 Å². The van der Waals surface area contributed by atoms with Crippen LogP contribution in [-0.4, -0.2) is 31.8 Å². The minimum absolute atomic E-state index is 0.167. The molecule has 6 heteroatoms. The van der Waals surface area contributed by atoms with E-state index in [1.54, 1.807) is 42.5 Å². The fourth-order valence-corrected chi connectivity index (χ4v) is 6.04. The molecule has 0 spiro atoms. The first-order valence-electron chi connectivity index (χ1n) is 10.00. The van der Waals surface area contributed by atoms with E-state index in [1.165, 1.54) is 0 Å². The van der Waals surface area contributed by atoms with Crippen molar-refractivity contribution < 1.29 is 18.8 Å². The highest BCUT2D eigenvalue weighted by Crippen LogP contribution is 2.51. The van der Waals surface area contributed by atoms with Gasteiger partial charge in [0.05, 0.1) is 6.10 Å². The molecule has 0 saturated carbocycles. The average molecular weight is 483 g/mol. The summed E-state index contributed by atoms with van der Waals surface area (Å²) in [5.41, 5.74) is -0.518. The van der Waals surface area contributed by atoms with Crippen molar-refractivity contribution >= 4 is 41.6 Å². The predicted molar refractivity (Wildman–Crippen MR) is 121 cm³/mol. The fourth-order valence-electron chi connectivity index (χ4n) is 4.55. The molecule has 0 N–H and O–H groups in total. The van der Waals surface area contributed by atoms with Crippen LogP contribution in [0.15, 0.2) is 65.2 Å². The lowest BCUT2D eigenvalue weighted by Crippen LogP contribution is -2.61. The normalized spacial score (nSPS) is 25.6. The van der Waals surface area contributed by atoms with Crippen molar-refractivity contribution in [2.75, 3.05) is 0 Å².